The first-order valence-electron chi connectivity index (χ1n) is 25.8. The maximum atomic E-state index is 14.8. The number of aromatic nitrogens is 3. The highest BCUT2D eigenvalue weighted by Gasteiger charge is 2.55. The number of cyclic esters (lactones) is 1. The minimum atomic E-state index is -1.84. The Morgan fingerprint density at radius 2 is 1.64 bits per heavy atom. The molecule has 1 aromatic heterocycles. The predicted molar refractivity (Wildman–Crippen MR) is 269 cm³/mol. The highest BCUT2D eigenvalue weighted by Crippen LogP contribution is 2.45. The van der Waals surface area contributed by atoms with E-state index in [-0.39, 0.29) is 25.2 Å². The molecule has 0 aliphatic carbocycles. The fourth-order valence-electron chi connectivity index (χ4n) is 11.9. The lowest BCUT2D eigenvalue weighted by molar-refractivity contribution is -0.302. The summed E-state index contributed by atoms with van der Waals surface area (Å²) in [7, 11) is 4.86. The number of nitrogens with zero attached hydrogens (tertiary/aromatic N) is 5. The van der Waals surface area contributed by atoms with E-state index < -0.39 is 143 Å². The number of likely N-dealkylation sites (N-methyl/N-ethyl adjacent to an activating group) is 2. The third-order valence-electron chi connectivity index (χ3n) is 16.4. The predicted octanol–water partition coefficient (Wildman–Crippen LogP) is 4.31. The van der Waals surface area contributed by atoms with Crippen LogP contribution in [0, 0.1) is 23.7 Å². The summed E-state index contributed by atoms with van der Waals surface area (Å²) in [6.07, 6.45) is -6.73. The molecule has 0 spiro atoms. The van der Waals surface area contributed by atoms with Gasteiger partial charge >= 0.3 is 5.97 Å². The van der Waals surface area contributed by atoms with Gasteiger partial charge in [0, 0.05) is 69.2 Å². The van der Waals surface area contributed by atoms with Gasteiger partial charge in [-0.2, -0.15) is 0 Å². The van der Waals surface area contributed by atoms with E-state index in [1.165, 1.54) is 38.0 Å². The van der Waals surface area contributed by atoms with Gasteiger partial charge in [0.2, 0.25) is 0 Å². The second kappa shape index (κ2) is 25.7. The maximum absolute atomic E-state index is 14.8. The van der Waals surface area contributed by atoms with Crippen LogP contribution >= 0.6 is 0 Å². The topological polar surface area (TPSA) is 228 Å². The third kappa shape index (κ3) is 13.9. The Bertz CT molecular complexity index is 2080. The van der Waals surface area contributed by atoms with Crippen LogP contribution in [-0.4, -0.2) is 199 Å². The summed E-state index contributed by atoms with van der Waals surface area (Å²) >= 11 is 0. The van der Waals surface area contributed by atoms with Gasteiger partial charge in [-0.05, 0) is 104 Å². The molecule has 5 N–H and O–H groups in total. The summed E-state index contributed by atoms with van der Waals surface area (Å²) in [5, 5.41) is 68.7. The quantitative estimate of drug-likeness (QED) is 0.148. The van der Waals surface area contributed by atoms with Crippen LogP contribution in [0.1, 0.15) is 118 Å². The molecule has 2 unspecified atom stereocenters. The minimum absolute atomic E-state index is 0.158. The summed E-state index contributed by atoms with van der Waals surface area (Å²) in [5.41, 5.74) is -3.42. The van der Waals surface area contributed by atoms with Crippen molar-refractivity contribution in [2.45, 2.75) is 202 Å². The van der Waals surface area contributed by atoms with Crippen molar-refractivity contribution in [3.8, 4) is 0 Å². The summed E-state index contributed by atoms with van der Waals surface area (Å²) in [5.74, 6) is -3.34. The van der Waals surface area contributed by atoms with Gasteiger partial charge in [-0.1, -0.05) is 45.0 Å². The van der Waals surface area contributed by atoms with Crippen LogP contribution in [0.15, 0.2) is 35.4 Å². The molecule has 18 nitrogen and oxygen atoms in total. The first-order valence-corrected chi connectivity index (χ1v) is 27.2. The summed E-state index contributed by atoms with van der Waals surface area (Å²) in [4.78, 5) is 18.8. The van der Waals surface area contributed by atoms with Crippen molar-refractivity contribution >= 4 is 16.8 Å². The average molecular weight is 1060 g/mol. The van der Waals surface area contributed by atoms with Crippen molar-refractivity contribution in [1.82, 2.24) is 24.8 Å². The second-order valence-corrected chi connectivity index (χ2v) is 23.5. The molecule has 3 fully saturated rings. The molecule has 1 aromatic carbocycles. The third-order valence-corrected chi connectivity index (χ3v) is 17.4. The first-order chi connectivity index (χ1) is 34.2. The van der Waals surface area contributed by atoms with Crippen molar-refractivity contribution in [2.75, 3.05) is 54.1 Å². The Morgan fingerprint density at radius 3 is 2.23 bits per heavy atom. The van der Waals surface area contributed by atoms with E-state index in [4.69, 9.17) is 28.4 Å². The number of aliphatic hydroxyl groups is 5. The molecule has 21 heteroatoms. The average Bonchev–Trinajstić information content (AvgIpc) is 3.82. The van der Waals surface area contributed by atoms with Crippen LogP contribution in [0.3, 0.4) is 0 Å². The monoisotopic (exact) mass is 1060 g/mol. The van der Waals surface area contributed by atoms with Crippen molar-refractivity contribution in [1.29, 1.82) is 0 Å². The summed E-state index contributed by atoms with van der Waals surface area (Å²) in [6.45, 7) is 17.6. The minimum Gasteiger partial charge on any atom is -0.459 e. The number of hydrogen-bond acceptors (Lipinski definition) is 17. The van der Waals surface area contributed by atoms with Crippen LogP contribution < -0.4 is 0 Å². The van der Waals surface area contributed by atoms with Crippen LogP contribution in [0.4, 0.5) is 8.78 Å². The molecule has 0 saturated carbocycles. The molecule has 73 heavy (non-hydrogen) atoms. The number of aliphatic hydroxyl groups excluding tert-OH is 3. The van der Waals surface area contributed by atoms with Gasteiger partial charge in [0.25, 0.3) is 0 Å². The molecule has 0 radical (unpaired) electrons. The number of halogens is 2. The van der Waals surface area contributed by atoms with E-state index in [2.05, 4.69) is 10.3 Å². The van der Waals surface area contributed by atoms with Crippen LogP contribution in [0.5, 0.6) is 0 Å². The summed E-state index contributed by atoms with van der Waals surface area (Å²) < 4.78 is 79.0. The summed E-state index contributed by atoms with van der Waals surface area (Å²) in [6, 6.07) is 3.30. The fraction of sp³-hybridized carbons (Fsp3) is 0.827. The molecular formula is C52H87F2N5O13S. The van der Waals surface area contributed by atoms with Gasteiger partial charge in [-0.15, -0.1) is 5.10 Å². The van der Waals surface area contributed by atoms with Crippen LogP contribution in [0.2, 0.25) is 0 Å². The highest BCUT2D eigenvalue weighted by molar-refractivity contribution is 7.84. The van der Waals surface area contributed by atoms with E-state index in [9.17, 15) is 43.3 Å². The van der Waals surface area contributed by atoms with Gasteiger partial charge in [0.15, 0.2) is 12.3 Å². The van der Waals surface area contributed by atoms with E-state index in [1.54, 1.807) is 59.9 Å². The smallest absolute Gasteiger partial charge is 0.309 e. The fourth-order valence-corrected chi connectivity index (χ4v) is 12.5. The molecule has 3 aliphatic rings. The normalized spacial score (nSPS) is 40.1. The zero-order valence-corrected chi connectivity index (χ0v) is 46.3. The Labute approximate surface area is 433 Å². The Balaban J connectivity index is 1.45. The van der Waals surface area contributed by atoms with E-state index in [0.717, 1.165) is 0 Å². The molecule has 0 amide bonds. The SMILES string of the molecule is CC[C@H]1OC(=O)[C@H](C)[C@@H](C2C[C@@](C)(OC)[C@@H](O)[C@H](C)O2)[C@H](C)[C@@H](O[C@@H]2O[C@H](C)C[C@H](N(C)CCc3cn([C@H](CF)[C@H](OC)c4ccc(S(=O)CF)cc4)nn3)[C@H]2O)[C@](C)(O)C[C@@H](C)CN(C)[C@H](C)[C@@H](O)[C@]1(C)O. The molecule has 3 saturated heterocycles. The molecule has 418 valence electrons. The van der Waals surface area contributed by atoms with Crippen LogP contribution in [0.25, 0.3) is 0 Å². The van der Waals surface area contributed by atoms with Gasteiger partial charge in [0.05, 0.1) is 58.0 Å². The first kappa shape index (κ1) is 61.2. The molecule has 3 aliphatic heterocycles. The maximum Gasteiger partial charge on any atom is 0.309 e. The number of methoxy groups -OCH3 is 2. The number of rotatable bonds is 16. The zero-order valence-electron chi connectivity index (χ0n) is 45.5. The Kier molecular flexibility index (Phi) is 21.5. The number of alkyl halides is 2. The van der Waals surface area contributed by atoms with Gasteiger partial charge in [0.1, 0.15) is 48.8 Å². The van der Waals surface area contributed by atoms with Gasteiger partial charge < -0.3 is 63.8 Å². The van der Waals surface area contributed by atoms with Gasteiger partial charge in [-0.3, -0.25) is 9.00 Å². The lowest BCUT2D eigenvalue weighted by Gasteiger charge is -2.51. The number of carbonyl (C=O) groups is 1. The molecule has 5 rings (SSSR count). The molecule has 2 aromatic rings. The van der Waals surface area contributed by atoms with E-state index >= 15 is 0 Å². The van der Waals surface area contributed by atoms with Crippen molar-refractivity contribution in [3.63, 3.8) is 0 Å². The lowest BCUT2D eigenvalue weighted by atomic mass is 9.68. The second-order valence-electron chi connectivity index (χ2n) is 22.1. The number of hydrogen-bond donors (Lipinski definition) is 5. The number of esters is 1. The van der Waals surface area contributed by atoms with Crippen molar-refractivity contribution in [2.24, 2.45) is 23.7 Å². The van der Waals surface area contributed by atoms with Crippen molar-refractivity contribution < 1.29 is 71.7 Å². The standard InChI is InChI=1S/C52H87F2N5O13S/c1-15-41-52(10,65)45(61)33(6)58(12)26-29(2)23-50(8,64)47(31(4)42(32(5)48(63)71-41)40-24-51(9,68-14)46(62)34(7)70-40)72-49-43(60)38(22-30(3)69-49)57(11)21-20-36-27-59(56-55-36)39(25-53)44(67-13)35-16-18-37(19-17-35)73(66)28-54/h16-19,27,29-34,38-47,49,60-62,64-65H,15,20-26,28H2,1-14H3/t29-,30-,31+,32-,33-,34+,38+,39-,40?,41-,42+,43-,44-,45-,46+,47-,49+,50-,51-,52-,73?/m1/s1. The molecule has 21 atom stereocenters. The van der Waals surface area contributed by atoms with E-state index in [0.29, 0.717) is 42.1 Å². The molecule has 0 bridgehead atoms. The number of ether oxygens (including phenoxy) is 6. The number of carbonyl (C=O) groups excluding carboxylic acids is 1. The Morgan fingerprint density at radius 1 is 0.986 bits per heavy atom. The Hall–Kier alpha value is -2.64. The largest absolute Gasteiger partial charge is 0.459 e. The van der Waals surface area contributed by atoms with E-state index in [1.807, 2.05) is 44.7 Å². The van der Waals surface area contributed by atoms with Crippen molar-refractivity contribution in [3.05, 3.63) is 41.7 Å². The lowest BCUT2D eigenvalue weighted by Crippen LogP contribution is -2.62. The molecular weight excluding hydrogens is 973 g/mol. The van der Waals surface area contributed by atoms with Gasteiger partial charge in [-0.25, -0.2) is 13.5 Å². The molecule has 4 heterocycles. The van der Waals surface area contributed by atoms with Crippen LogP contribution in [-0.2, 0) is 50.4 Å². The highest BCUT2D eigenvalue weighted by atomic mass is 32.2. The number of benzene rings is 1. The zero-order chi connectivity index (χ0) is 54.5.